The zero-order valence-electron chi connectivity index (χ0n) is 11.8. The highest BCUT2D eigenvalue weighted by molar-refractivity contribution is 5.98. The standard InChI is InChI=1S/C14H19N3O3/c1-10(9-17(2)3)16-14(20)12-6-7-15-8-11(12)4-5-13(18)19/h4-8,10H,9H2,1-3H3,(H,16,20)(H,18,19)/b5-4+. The Labute approximate surface area is 118 Å². The van der Waals surface area contributed by atoms with Gasteiger partial charge in [-0.15, -0.1) is 0 Å². The molecule has 0 aliphatic rings. The normalized spacial score (nSPS) is 12.6. The van der Waals surface area contributed by atoms with Crippen LogP contribution < -0.4 is 5.32 Å². The van der Waals surface area contributed by atoms with Crippen LogP contribution in [0.5, 0.6) is 0 Å². The lowest BCUT2D eigenvalue weighted by molar-refractivity contribution is -0.131. The molecule has 0 radical (unpaired) electrons. The maximum absolute atomic E-state index is 12.2. The van der Waals surface area contributed by atoms with Gasteiger partial charge in [0.15, 0.2) is 0 Å². The highest BCUT2D eigenvalue weighted by Gasteiger charge is 2.13. The number of pyridine rings is 1. The van der Waals surface area contributed by atoms with Crippen LogP contribution in [0.3, 0.4) is 0 Å². The zero-order valence-corrected chi connectivity index (χ0v) is 11.8. The van der Waals surface area contributed by atoms with Crippen molar-refractivity contribution in [2.75, 3.05) is 20.6 Å². The van der Waals surface area contributed by atoms with Gasteiger partial charge in [-0.25, -0.2) is 4.79 Å². The average Bonchev–Trinajstić information content (AvgIpc) is 2.35. The number of nitrogens with zero attached hydrogens (tertiary/aromatic N) is 2. The van der Waals surface area contributed by atoms with Gasteiger partial charge in [-0.3, -0.25) is 9.78 Å². The Hall–Kier alpha value is -2.21. The van der Waals surface area contributed by atoms with E-state index in [0.29, 0.717) is 11.1 Å². The molecule has 0 aliphatic heterocycles. The third-order valence-corrected chi connectivity index (χ3v) is 2.52. The summed E-state index contributed by atoms with van der Waals surface area (Å²) in [6.45, 7) is 2.63. The van der Waals surface area contributed by atoms with Gasteiger partial charge in [0.2, 0.25) is 0 Å². The molecule has 0 bridgehead atoms. The number of aliphatic carboxylic acids is 1. The highest BCUT2D eigenvalue weighted by atomic mass is 16.4. The fourth-order valence-corrected chi connectivity index (χ4v) is 1.80. The summed E-state index contributed by atoms with van der Waals surface area (Å²) in [7, 11) is 3.85. The van der Waals surface area contributed by atoms with Gasteiger partial charge in [0.25, 0.3) is 5.91 Å². The Balaban J connectivity index is 2.85. The Bertz CT molecular complexity index is 512. The maximum atomic E-state index is 12.2. The van der Waals surface area contributed by atoms with E-state index in [1.165, 1.54) is 18.5 Å². The molecule has 1 heterocycles. The Kier molecular flexibility index (Phi) is 5.86. The molecule has 1 amide bonds. The molecule has 108 valence electrons. The van der Waals surface area contributed by atoms with E-state index in [1.807, 2.05) is 25.9 Å². The first-order valence-electron chi connectivity index (χ1n) is 6.20. The first-order valence-corrected chi connectivity index (χ1v) is 6.20. The Morgan fingerprint density at radius 2 is 2.20 bits per heavy atom. The second-order valence-corrected chi connectivity index (χ2v) is 4.77. The van der Waals surface area contributed by atoms with Gasteiger partial charge in [-0.2, -0.15) is 0 Å². The molecule has 0 spiro atoms. The van der Waals surface area contributed by atoms with E-state index >= 15 is 0 Å². The molecular formula is C14H19N3O3. The summed E-state index contributed by atoms with van der Waals surface area (Å²) < 4.78 is 0. The van der Waals surface area contributed by atoms with Crippen LogP contribution in [-0.4, -0.2) is 53.5 Å². The molecule has 1 atom stereocenters. The van der Waals surface area contributed by atoms with Crippen LogP contribution >= 0.6 is 0 Å². The van der Waals surface area contributed by atoms with Crippen LogP contribution in [0.25, 0.3) is 6.08 Å². The summed E-state index contributed by atoms with van der Waals surface area (Å²) in [4.78, 5) is 28.6. The summed E-state index contributed by atoms with van der Waals surface area (Å²) in [5.41, 5.74) is 0.882. The summed E-state index contributed by atoms with van der Waals surface area (Å²) in [5.74, 6) is -1.31. The number of nitrogens with one attached hydrogen (secondary N) is 1. The van der Waals surface area contributed by atoms with Gasteiger partial charge >= 0.3 is 5.97 Å². The zero-order chi connectivity index (χ0) is 15.1. The monoisotopic (exact) mass is 277 g/mol. The average molecular weight is 277 g/mol. The molecule has 0 saturated carbocycles. The quantitative estimate of drug-likeness (QED) is 0.754. The van der Waals surface area contributed by atoms with Gasteiger partial charge < -0.3 is 15.3 Å². The van der Waals surface area contributed by atoms with Crippen molar-refractivity contribution in [1.29, 1.82) is 0 Å². The van der Waals surface area contributed by atoms with Crippen molar-refractivity contribution in [3.63, 3.8) is 0 Å². The summed E-state index contributed by atoms with van der Waals surface area (Å²) in [5, 5.41) is 11.5. The van der Waals surface area contributed by atoms with Crippen molar-refractivity contribution in [2.24, 2.45) is 0 Å². The number of carbonyl (C=O) groups excluding carboxylic acids is 1. The Morgan fingerprint density at radius 3 is 2.80 bits per heavy atom. The van der Waals surface area contributed by atoms with E-state index in [1.54, 1.807) is 6.07 Å². The second kappa shape index (κ2) is 7.40. The van der Waals surface area contributed by atoms with Gasteiger partial charge in [-0.05, 0) is 33.2 Å². The molecule has 1 rings (SSSR count). The number of amides is 1. The molecule has 0 saturated heterocycles. The van der Waals surface area contributed by atoms with Gasteiger partial charge in [0.1, 0.15) is 0 Å². The largest absolute Gasteiger partial charge is 0.478 e. The van der Waals surface area contributed by atoms with Gasteiger partial charge in [0, 0.05) is 42.2 Å². The molecule has 1 unspecified atom stereocenters. The molecule has 2 N–H and O–H groups in total. The molecule has 0 fully saturated rings. The number of carboxylic acids is 1. The number of hydrogen-bond donors (Lipinski definition) is 2. The number of rotatable bonds is 6. The molecule has 0 aromatic carbocycles. The van der Waals surface area contributed by atoms with E-state index in [4.69, 9.17) is 5.11 Å². The number of carboxylic acid groups (broad SMARTS) is 1. The summed E-state index contributed by atoms with van der Waals surface area (Å²) >= 11 is 0. The first kappa shape index (κ1) is 15.8. The lowest BCUT2D eigenvalue weighted by atomic mass is 10.1. The lowest BCUT2D eigenvalue weighted by Crippen LogP contribution is -2.39. The van der Waals surface area contributed by atoms with Crippen LogP contribution in [-0.2, 0) is 4.79 Å². The molecule has 1 aromatic heterocycles. The SMILES string of the molecule is CC(CN(C)C)NC(=O)c1ccncc1/C=C/C(=O)O. The van der Waals surface area contributed by atoms with Crippen LogP contribution in [0.4, 0.5) is 0 Å². The van der Waals surface area contributed by atoms with E-state index < -0.39 is 5.97 Å². The van der Waals surface area contributed by atoms with Crippen molar-refractivity contribution in [3.05, 3.63) is 35.7 Å². The fraction of sp³-hybridized carbons (Fsp3) is 0.357. The summed E-state index contributed by atoms with van der Waals surface area (Å²) in [6, 6.07) is 1.56. The summed E-state index contributed by atoms with van der Waals surface area (Å²) in [6.07, 6.45) is 5.31. The molecule has 6 nitrogen and oxygen atoms in total. The maximum Gasteiger partial charge on any atom is 0.328 e. The lowest BCUT2D eigenvalue weighted by Gasteiger charge is -2.18. The number of hydrogen-bond acceptors (Lipinski definition) is 4. The highest BCUT2D eigenvalue weighted by Crippen LogP contribution is 2.09. The number of aromatic nitrogens is 1. The fourth-order valence-electron chi connectivity index (χ4n) is 1.80. The van der Waals surface area contributed by atoms with Crippen molar-refractivity contribution >= 4 is 18.0 Å². The van der Waals surface area contributed by atoms with Crippen LogP contribution in [0.1, 0.15) is 22.8 Å². The van der Waals surface area contributed by atoms with Crippen molar-refractivity contribution in [3.8, 4) is 0 Å². The minimum absolute atomic E-state index is 0.0121. The van der Waals surface area contributed by atoms with E-state index in [2.05, 4.69) is 10.3 Å². The van der Waals surface area contributed by atoms with Gasteiger partial charge in [0.05, 0.1) is 0 Å². The predicted octanol–water partition coefficient (Wildman–Crippen LogP) is 0.859. The molecule has 6 heteroatoms. The van der Waals surface area contributed by atoms with Crippen molar-refractivity contribution in [1.82, 2.24) is 15.2 Å². The van der Waals surface area contributed by atoms with Crippen LogP contribution in [0.15, 0.2) is 24.5 Å². The predicted molar refractivity (Wildman–Crippen MR) is 76.4 cm³/mol. The van der Waals surface area contributed by atoms with E-state index in [9.17, 15) is 9.59 Å². The van der Waals surface area contributed by atoms with Crippen LogP contribution in [0.2, 0.25) is 0 Å². The van der Waals surface area contributed by atoms with Crippen molar-refractivity contribution in [2.45, 2.75) is 13.0 Å². The second-order valence-electron chi connectivity index (χ2n) is 4.77. The van der Waals surface area contributed by atoms with E-state index in [-0.39, 0.29) is 11.9 Å². The van der Waals surface area contributed by atoms with E-state index in [0.717, 1.165) is 12.6 Å². The minimum Gasteiger partial charge on any atom is -0.478 e. The molecular weight excluding hydrogens is 258 g/mol. The molecule has 20 heavy (non-hydrogen) atoms. The minimum atomic E-state index is -1.07. The Morgan fingerprint density at radius 1 is 1.50 bits per heavy atom. The molecule has 1 aromatic rings. The number of carbonyl (C=O) groups is 2. The van der Waals surface area contributed by atoms with Gasteiger partial charge in [-0.1, -0.05) is 0 Å². The topological polar surface area (TPSA) is 82.5 Å². The molecule has 0 aliphatic carbocycles. The first-order chi connectivity index (χ1) is 9.40. The third kappa shape index (κ3) is 5.19. The van der Waals surface area contributed by atoms with Crippen LogP contribution in [0, 0.1) is 0 Å². The smallest absolute Gasteiger partial charge is 0.328 e. The van der Waals surface area contributed by atoms with Crippen molar-refractivity contribution < 1.29 is 14.7 Å². The third-order valence-electron chi connectivity index (χ3n) is 2.52. The number of likely N-dealkylation sites (N-methyl/N-ethyl adjacent to an activating group) is 1.